The van der Waals surface area contributed by atoms with Gasteiger partial charge in [0.1, 0.15) is 5.75 Å². The SMILES string of the molecule is COc1ccc(CCOC(N)=O)cc1. The molecule has 1 aromatic rings. The van der Waals surface area contributed by atoms with Crippen LogP contribution in [0.3, 0.4) is 0 Å². The van der Waals surface area contributed by atoms with Crippen LogP contribution in [0, 0.1) is 0 Å². The number of hydrogen-bond acceptors (Lipinski definition) is 3. The quantitative estimate of drug-likeness (QED) is 0.788. The predicted molar refractivity (Wildman–Crippen MR) is 52.2 cm³/mol. The van der Waals surface area contributed by atoms with E-state index in [1.165, 1.54) is 0 Å². The third kappa shape index (κ3) is 3.35. The molecule has 1 amide bonds. The van der Waals surface area contributed by atoms with E-state index in [9.17, 15) is 4.79 Å². The van der Waals surface area contributed by atoms with Crippen LogP contribution in [0.15, 0.2) is 24.3 Å². The molecule has 1 aromatic carbocycles. The maximum Gasteiger partial charge on any atom is 0.404 e. The van der Waals surface area contributed by atoms with Gasteiger partial charge in [-0.25, -0.2) is 4.79 Å². The zero-order valence-corrected chi connectivity index (χ0v) is 8.03. The zero-order valence-electron chi connectivity index (χ0n) is 8.03. The molecule has 0 atom stereocenters. The Morgan fingerprint density at radius 3 is 2.50 bits per heavy atom. The molecule has 0 aliphatic rings. The Morgan fingerprint density at radius 2 is 2.00 bits per heavy atom. The lowest BCUT2D eigenvalue weighted by Gasteiger charge is -2.03. The van der Waals surface area contributed by atoms with E-state index in [0.717, 1.165) is 11.3 Å². The average molecular weight is 195 g/mol. The van der Waals surface area contributed by atoms with Gasteiger partial charge in [-0.15, -0.1) is 0 Å². The molecule has 0 fully saturated rings. The molecule has 0 aromatic heterocycles. The minimum Gasteiger partial charge on any atom is -0.497 e. The minimum absolute atomic E-state index is 0.307. The fourth-order valence-electron chi connectivity index (χ4n) is 1.06. The molecule has 0 spiro atoms. The average Bonchev–Trinajstić information content (AvgIpc) is 2.18. The Bertz CT molecular complexity index is 295. The summed E-state index contributed by atoms with van der Waals surface area (Å²) in [5.74, 6) is 0.810. The first kappa shape index (κ1) is 10.4. The normalized spacial score (nSPS) is 9.50. The van der Waals surface area contributed by atoms with Crippen molar-refractivity contribution >= 4 is 6.09 Å². The molecule has 1 rings (SSSR count). The van der Waals surface area contributed by atoms with Crippen molar-refractivity contribution in [1.29, 1.82) is 0 Å². The van der Waals surface area contributed by atoms with Gasteiger partial charge < -0.3 is 15.2 Å². The van der Waals surface area contributed by atoms with Gasteiger partial charge in [0, 0.05) is 6.42 Å². The number of hydrogen-bond donors (Lipinski definition) is 1. The third-order valence-corrected chi connectivity index (χ3v) is 1.79. The first-order valence-corrected chi connectivity index (χ1v) is 4.27. The highest BCUT2D eigenvalue weighted by Gasteiger charge is 1.96. The molecule has 0 heterocycles. The molecule has 76 valence electrons. The Hall–Kier alpha value is -1.71. The third-order valence-electron chi connectivity index (χ3n) is 1.79. The molecule has 4 nitrogen and oxygen atoms in total. The lowest BCUT2D eigenvalue weighted by molar-refractivity contribution is 0.158. The molecule has 0 saturated heterocycles. The standard InChI is InChI=1S/C10H13NO3/c1-13-9-4-2-8(3-5-9)6-7-14-10(11)12/h2-5H,6-7H2,1H3,(H2,11,12). The van der Waals surface area contributed by atoms with Crippen LogP contribution in [0.4, 0.5) is 4.79 Å². The lowest BCUT2D eigenvalue weighted by atomic mass is 10.1. The monoisotopic (exact) mass is 195 g/mol. The van der Waals surface area contributed by atoms with Crippen molar-refractivity contribution in [2.24, 2.45) is 5.73 Å². The topological polar surface area (TPSA) is 61.6 Å². The molecule has 0 bridgehead atoms. The summed E-state index contributed by atoms with van der Waals surface area (Å²) in [6, 6.07) is 7.56. The smallest absolute Gasteiger partial charge is 0.404 e. The van der Waals surface area contributed by atoms with Crippen LogP contribution in [0.1, 0.15) is 5.56 Å². The van der Waals surface area contributed by atoms with E-state index in [1.54, 1.807) is 7.11 Å². The van der Waals surface area contributed by atoms with E-state index in [1.807, 2.05) is 24.3 Å². The molecule has 2 N–H and O–H groups in total. The van der Waals surface area contributed by atoms with Gasteiger partial charge >= 0.3 is 6.09 Å². The zero-order chi connectivity index (χ0) is 10.4. The first-order valence-electron chi connectivity index (χ1n) is 4.27. The number of nitrogens with two attached hydrogens (primary N) is 1. The van der Waals surface area contributed by atoms with Crippen LogP contribution in [-0.4, -0.2) is 19.8 Å². The van der Waals surface area contributed by atoms with Gasteiger partial charge in [-0.1, -0.05) is 12.1 Å². The van der Waals surface area contributed by atoms with Crippen LogP contribution in [0.2, 0.25) is 0 Å². The number of methoxy groups -OCH3 is 1. The molecule has 0 saturated carbocycles. The number of rotatable bonds is 4. The lowest BCUT2D eigenvalue weighted by Crippen LogP contribution is -2.14. The van der Waals surface area contributed by atoms with Crippen LogP contribution in [-0.2, 0) is 11.2 Å². The van der Waals surface area contributed by atoms with Gasteiger partial charge in [-0.2, -0.15) is 0 Å². The predicted octanol–water partition coefficient (Wildman–Crippen LogP) is 1.33. The van der Waals surface area contributed by atoms with E-state index < -0.39 is 6.09 Å². The van der Waals surface area contributed by atoms with Crippen LogP contribution < -0.4 is 10.5 Å². The molecular weight excluding hydrogens is 182 g/mol. The Morgan fingerprint density at radius 1 is 1.36 bits per heavy atom. The van der Waals surface area contributed by atoms with Crippen molar-refractivity contribution < 1.29 is 14.3 Å². The molecule has 0 unspecified atom stereocenters. The van der Waals surface area contributed by atoms with Crippen molar-refractivity contribution in [3.05, 3.63) is 29.8 Å². The van der Waals surface area contributed by atoms with Gasteiger partial charge in [-0.05, 0) is 17.7 Å². The highest BCUT2D eigenvalue weighted by Crippen LogP contribution is 2.11. The second-order valence-electron chi connectivity index (χ2n) is 2.77. The van der Waals surface area contributed by atoms with Crippen molar-refractivity contribution in [2.75, 3.05) is 13.7 Å². The summed E-state index contributed by atoms with van der Waals surface area (Å²) in [6.45, 7) is 0.307. The Balaban J connectivity index is 2.40. The number of carbonyl (C=O) groups is 1. The summed E-state index contributed by atoms with van der Waals surface area (Å²) in [5.41, 5.74) is 5.90. The van der Waals surface area contributed by atoms with E-state index in [0.29, 0.717) is 13.0 Å². The molecular formula is C10H13NO3. The second-order valence-corrected chi connectivity index (χ2v) is 2.77. The summed E-state index contributed by atoms with van der Waals surface area (Å²) < 4.78 is 9.62. The molecule has 0 aliphatic heterocycles. The van der Waals surface area contributed by atoms with Gasteiger partial charge in [0.05, 0.1) is 13.7 Å². The van der Waals surface area contributed by atoms with Crippen LogP contribution in [0.5, 0.6) is 5.75 Å². The van der Waals surface area contributed by atoms with E-state index >= 15 is 0 Å². The number of carbonyl (C=O) groups excluding carboxylic acids is 1. The van der Waals surface area contributed by atoms with Crippen molar-refractivity contribution in [2.45, 2.75) is 6.42 Å². The Kier molecular flexibility index (Phi) is 3.79. The van der Waals surface area contributed by atoms with Gasteiger partial charge in [0.15, 0.2) is 0 Å². The van der Waals surface area contributed by atoms with Crippen LogP contribution >= 0.6 is 0 Å². The van der Waals surface area contributed by atoms with Gasteiger partial charge in [0.25, 0.3) is 0 Å². The summed E-state index contributed by atoms with van der Waals surface area (Å²) in [4.78, 5) is 10.3. The Labute approximate surface area is 82.6 Å². The highest BCUT2D eigenvalue weighted by molar-refractivity contribution is 5.64. The molecule has 0 radical (unpaired) electrons. The van der Waals surface area contributed by atoms with Crippen molar-refractivity contribution in [3.8, 4) is 5.75 Å². The summed E-state index contributed by atoms with van der Waals surface area (Å²) in [7, 11) is 1.62. The van der Waals surface area contributed by atoms with Crippen molar-refractivity contribution in [1.82, 2.24) is 0 Å². The number of ether oxygens (including phenoxy) is 2. The van der Waals surface area contributed by atoms with Gasteiger partial charge in [0.2, 0.25) is 0 Å². The summed E-state index contributed by atoms with van der Waals surface area (Å²) in [5, 5.41) is 0. The second kappa shape index (κ2) is 5.11. The largest absolute Gasteiger partial charge is 0.497 e. The van der Waals surface area contributed by atoms with E-state index in [4.69, 9.17) is 10.5 Å². The number of primary amides is 1. The summed E-state index contributed by atoms with van der Waals surface area (Å²) in [6.07, 6.45) is -0.0778. The fraction of sp³-hybridized carbons (Fsp3) is 0.300. The van der Waals surface area contributed by atoms with Crippen molar-refractivity contribution in [3.63, 3.8) is 0 Å². The minimum atomic E-state index is -0.737. The molecule has 0 aliphatic carbocycles. The maximum atomic E-state index is 10.3. The fourth-order valence-corrected chi connectivity index (χ4v) is 1.06. The van der Waals surface area contributed by atoms with Gasteiger partial charge in [-0.3, -0.25) is 0 Å². The molecule has 4 heteroatoms. The summed E-state index contributed by atoms with van der Waals surface area (Å²) >= 11 is 0. The van der Waals surface area contributed by atoms with Crippen LogP contribution in [0.25, 0.3) is 0 Å². The maximum absolute atomic E-state index is 10.3. The van der Waals surface area contributed by atoms with E-state index in [-0.39, 0.29) is 0 Å². The highest BCUT2D eigenvalue weighted by atomic mass is 16.5. The number of benzene rings is 1. The first-order chi connectivity index (χ1) is 6.72. The molecule has 14 heavy (non-hydrogen) atoms. The van der Waals surface area contributed by atoms with E-state index in [2.05, 4.69) is 4.74 Å². The number of amides is 1.